The largest absolute Gasteiger partial charge is 0.388 e. The van der Waals surface area contributed by atoms with Crippen molar-refractivity contribution in [2.45, 2.75) is 18.6 Å². The summed E-state index contributed by atoms with van der Waals surface area (Å²) < 4.78 is 2.11. The summed E-state index contributed by atoms with van der Waals surface area (Å²) >= 11 is 6.18. The summed E-state index contributed by atoms with van der Waals surface area (Å²) in [5.41, 5.74) is 2.49. The van der Waals surface area contributed by atoms with Gasteiger partial charge in [-0.2, -0.15) is 0 Å². The van der Waals surface area contributed by atoms with Crippen LogP contribution in [0.15, 0.2) is 52.5 Å². The highest BCUT2D eigenvalue weighted by atomic mass is 35.5. The maximum Gasteiger partial charge on any atom is 0.161 e. The zero-order valence-electron chi connectivity index (χ0n) is 11.7. The van der Waals surface area contributed by atoms with Gasteiger partial charge in [-0.05, 0) is 23.8 Å². The second-order valence-electron chi connectivity index (χ2n) is 5.41. The van der Waals surface area contributed by atoms with Crippen LogP contribution in [0.2, 0.25) is 5.02 Å². The van der Waals surface area contributed by atoms with Gasteiger partial charge >= 0.3 is 0 Å². The molecular formula is C17H14ClN3O. The Labute approximate surface area is 132 Å². The molecule has 2 atom stereocenters. The van der Waals surface area contributed by atoms with Gasteiger partial charge in [0.05, 0.1) is 12.1 Å². The maximum absolute atomic E-state index is 10.6. The fourth-order valence-corrected chi connectivity index (χ4v) is 3.28. The predicted molar refractivity (Wildman–Crippen MR) is 87.0 cm³/mol. The van der Waals surface area contributed by atoms with E-state index in [-0.39, 0.29) is 6.04 Å². The molecule has 0 bridgehead atoms. The lowest BCUT2D eigenvalue weighted by atomic mass is 10.0. The smallest absolute Gasteiger partial charge is 0.161 e. The molecule has 3 heterocycles. The molecular weight excluding hydrogens is 298 g/mol. The van der Waals surface area contributed by atoms with E-state index in [1.165, 1.54) is 0 Å². The standard InChI is InChI=1S/C17H14ClN3O/c18-14-7-2-1-6-13(14)16(22)9-12-5-3-4-11-8-15-17(21(11)12)20-10-19-15/h1-8,10,12,16,22H,9H2. The van der Waals surface area contributed by atoms with Gasteiger partial charge in [0, 0.05) is 16.8 Å². The molecule has 0 fully saturated rings. The zero-order valence-corrected chi connectivity index (χ0v) is 12.5. The van der Waals surface area contributed by atoms with Crippen LogP contribution in [0.25, 0.3) is 6.08 Å². The molecule has 22 heavy (non-hydrogen) atoms. The van der Waals surface area contributed by atoms with Crippen LogP contribution in [0.4, 0.5) is 5.69 Å². The number of allylic oxidation sites excluding steroid dienone is 2. The van der Waals surface area contributed by atoms with Crippen molar-refractivity contribution in [1.29, 1.82) is 0 Å². The molecule has 2 unspecified atom stereocenters. The van der Waals surface area contributed by atoms with Crippen molar-refractivity contribution in [2.24, 2.45) is 9.98 Å². The Morgan fingerprint density at radius 3 is 3.05 bits per heavy atom. The Bertz CT molecular complexity index is 910. The first-order valence-electron chi connectivity index (χ1n) is 7.16. The number of aliphatic hydroxyl groups is 1. The van der Waals surface area contributed by atoms with Gasteiger partial charge < -0.3 is 9.67 Å². The van der Waals surface area contributed by atoms with E-state index in [0.29, 0.717) is 11.4 Å². The van der Waals surface area contributed by atoms with Gasteiger partial charge in [0.25, 0.3) is 0 Å². The number of nitrogens with zero attached hydrogens (tertiary/aromatic N) is 3. The fraction of sp³-hybridized carbons (Fsp3) is 0.176. The molecule has 5 heteroatoms. The first-order chi connectivity index (χ1) is 10.7. The number of hydrogen-bond acceptors (Lipinski definition) is 3. The first-order valence-corrected chi connectivity index (χ1v) is 7.54. The number of fused-ring (bicyclic) bond motifs is 3. The molecule has 110 valence electrons. The highest BCUT2D eigenvalue weighted by Gasteiger charge is 2.22. The van der Waals surface area contributed by atoms with E-state index in [9.17, 15) is 5.11 Å². The number of rotatable bonds is 3. The van der Waals surface area contributed by atoms with E-state index in [1.807, 2.05) is 36.4 Å². The van der Waals surface area contributed by atoms with Crippen LogP contribution in [-0.4, -0.2) is 16.0 Å². The summed E-state index contributed by atoms with van der Waals surface area (Å²) in [6.45, 7) is 0. The fourth-order valence-electron chi connectivity index (χ4n) is 3.02. The lowest BCUT2D eigenvalue weighted by molar-refractivity contribution is 0.152. The normalized spacial score (nSPS) is 19.3. The topological polar surface area (TPSA) is 49.9 Å². The van der Waals surface area contributed by atoms with Crippen LogP contribution < -0.4 is 10.8 Å². The van der Waals surface area contributed by atoms with Gasteiger partial charge in [-0.1, -0.05) is 42.0 Å². The molecule has 0 amide bonds. The van der Waals surface area contributed by atoms with Gasteiger partial charge in [0.15, 0.2) is 5.49 Å². The minimum absolute atomic E-state index is 0.0282. The van der Waals surface area contributed by atoms with E-state index in [0.717, 1.165) is 22.1 Å². The van der Waals surface area contributed by atoms with Crippen LogP contribution in [0.5, 0.6) is 0 Å². The van der Waals surface area contributed by atoms with Crippen LogP contribution in [0.1, 0.15) is 24.1 Å². The molecule has 4 rings (SSSR count). The second-order valence-corrected chi connectivity index (χ2v) is 5.82. The number of aromatic nitrogens is 1. The van der Waals surface area contributed by atoms with Crippen molar-refractivity contribution >= 4 is 29.7 Å². The van der Waals surface area contributed by atoms with Gasteiger partial charge in [0.2, 0.25) is 0 Å². The van der Waals surface area contributed by atoms with Crippen molar-refractivity contribution < 1.29 is 5.11 Å². The second kappa shape index (κ2) is 5.23. The number of aliphatic imine (C=N–C) groups is 1. The van der Waals surface area contributed by atoms with Gasteiger partial charge in [-0.15, -0.1) is 0 Å². The Kier molecular flexibility index (Phi) is 3.21. The number of halogens is 1. The first kappa shape index (κ1) is 13.5. The third-order valence-electron chi connectivity index (χ3n) is 4.06. The monoisotopic (exact) mass is 311 g/mol. The average Bonchev–Trinajstić information content (AvgIpc) is 3.08. The van der Waals surface area contributed by atoms with Crippen molar-refractivity contribution in [3.05, 3.63) is 63.9 Å². The lowest BCUT2D eigenvalue weighted by Crippen LogP contribution is -2.32. The third-order valence-corrected chi connectivity index (χ3v) is 4.40. The Morgan fingerprint density at radius 1 is 1.32 bits per heavy atom. The molecule has 2 aromatic rings. The molecule has 0 aliphatic carbocycles. The highest BCUT2D eigenvalue weighted by molar-refractivity contribution is 6.31. The third kappa shape index (κ3) is 2.12. The van der Waals surface area contributed by atoms with Crippen molar-refractivity contribution in [3.8, 4) is 0 Å². The van der Waals surface area contributed by atoms with Crippen LogP contribution in [0.3, 0.4) is 0 Å². The average molecular weight is 312 g/mol. The minimum atomic E-state index is -0.630. The molecule has 0 spiro atoms. The molecule has 1 aromatic heterocycles. The van der Waals surface area contributed by atoms with E-state index < -0.39 is 6.10 Å². The predicted octanol–water partition coefficient (Wildman–Crippen LogP) is 2.45. The number of benzene rings is 1. The molecule has 2 aliphatic heterocycles. The van der Waals surface area contributed by atoms with Crippen LogP contribution in [-0.2, 0) is 0 Å². The van der Waals surface area contributed by atoms with Gasteiger partial charge in [0.1, 0.15) is 12.0 Å². The summed E-state index contributed by atoms with van der Waals surface area (Å²) in [5, 5.41) is 12.2. The van der Waals surface area contributed by atoms with Gasteiger partial charge in [-0.25, -0.2) is 9.98 Å². The van der Waals surface area contributed by atoms with Gasteiger partial charge in [-0.3, -0.25) is 0 Å². The Balaban J connectivity index is 1.69. The van der Waals surface area contributed by atoms with Crippen molar-refractivity contribution in [2.75, 3.05) is 0 Å². The quantitative estimate of drug-likeness (QED) is 0.930. The molecule has 0 radical (unpaired) electrons. The molecule has 4 nitrogen and oxygen atoms in total. The van der Waals surface area contributed by atoms with E-state index >= 15 is 0 Å². The highest BCUT2D eigenvalue weighted by Crippen LogP contribution is 2.30. The van der Waals surface area contributed by atoms with Crippen molar-refractivity contribution in [1.82, 2.24) is 4.57 Å². The van der Waals surface area contributed by atoms with Crippen molar-refractivity contribution in [3.63, 3.8) is 0 Å². The van der Waals surface area contributed by atoms with E-state index in [1.54, 1.807) is 12.4 Å². The summed E-state index contributed by atoms with van der Waals surface area (Å²) in [7, 11) is 0. The van der Waals surface area contributed by atoms with Crippen LogP contribution in [0, 0.1) is 0 Å². The van der Waals surface area contributed by atoms with Crippen LogP contribution >= 0.6 is 11.6 Å². The molecule has 0 saturated carbocycles. The molecule has 0 saturated heterocycles. The lowest BCUT2D eigenvalue weighted by Gasteiger charge is -2.22. The summed E-state index contributed by atoms with van der Waals surface area (Å²) in [5.74, 6) is 0. The number of aliphatic hydroxyl groups excluding tert-OH is 1. The molecule has 1 N–H and O–H groups in total. The minimum Gasteiger partial charge on any atom is -0.388 e. The number of hydrogen-bond donors (Lipinski definition) is 1. The molecule has 2 aliphatic rings. The van der Waals surface area contributed by atoms with E-state index in [2.05, 4.69) is 20.6 Å². The maximum atomic E-state index is 10.6. The summed E-state index contributed by atoms with van der Waals surface area (Å²) in [6.07, 6.45) is 7.59. The molecule has 1 aromatic carbocycles. The Morgan fingerprint density at radius 2 is 2.18 bits per heavy atom. The summed E-state index contributed by atoms with van der Waals surface area (Å²) in [4.78, 5) is 8.58. The zero-order chi connectivity index (χ0) is 15.1. The SMILES string of the molecule is OC(CC1C=CC=c2cc3c(n21)=NC=N3)c1ccccc1Cl. The summed E-state index contributed by atoms with van der Waals surface area (Å²) in [6, 6.07) is 9.45. The Hall–Kier alpha value is -2.17. The van der Waals surface area contributed by atoms with E-state index in [4.69, 9.17) is 11.6 Å².